The van der Waals surface area contributed by atoms with Crippen molar-refractivity contribution in [1.29, 1.82) is 0 Å². The molecule has 0 bridgehead atoms. The summed E-state index contributed by atoms with van der Waals surface area (Å²) in [6.07, 6.45) is 5.77. The topological polar surface area (TPSA) is 50.4 Å². The monoisotopic (exact) mass is 240 g/mol. The zero-order chi connectivity index (χ0) is 12.3. The first kappa shape index (κ1) is 12.8. The Hall–Kier alpha value is -0.610. The van der Waals surface area contributed by atoms with Gasteiger partial charge in [0.15, 0.2) is 0 Å². The van der Waals surface area contributed by atoms with E-state index in [-0.39, 0.29) is 18.1 Å². The Bertz CT molecular complexity index is 264. The summed E-state index contributed by atoms with van der Waals surface area (Å²) in [5.74, 6) is -0.0855. The maximum Gasteiger partial charge on any atom is 0.323 e. The molecule has 1 saturated carbocycles. The molecule has 4 nitrogen and oxygen atoms in total. The average molecular weight is 240 g/mol. The zero-order valence-electron chi connectivity index (χ0n) is 10.9. The third-order valence-electron chi connectivity index (χ3n) is 3.38. The lowest BCUT2D eigenvalue weighted by Crippen LogP contribution is -2.38. The maximum atomic E-state index is 11.7. The van der Waals surface area contributed by atoms with Crippen molar-refractivity contribution in [3.05, 3.63) is 0 Å². The molecule has 0 aromatic rings. The molecule has 4 heteroatoms. The summed E-state index contributed by atoms with van der Waals surface area (Å²) in [6, 6.07) is 1.17. The molecule has 0 aromatic heterocycles. The predicted molar refractivity (Wildman–Crippen MR) is 66.8 cm³/mol. The van der Waals surface area contributed by atoms with Crippen LogP contribution in [0.3, 0.4) is 0 Å². The summed E-state index contributed by atoms with van der Waals surface area (Å²) in [5.41, 5.74) is 0. The molecule has 0 spiro atoms. The van der Waals surface area contributed by atoms with Crippen LogP contribution in [0.15, 0.2) is 0 Å². The molecule has 2 N–H and O–H groups in total. The van der Waals surface area contributed by atoms with E-state index in [2.05, 4.69) is 10.6 Å². The summed E-state index contributed by atoms with van der Waals surface area (Å²) in [5, 5.41) is 6.88. The molecule has 2 unspecified atom stereocenters. The molecule has 17 heavy (non-hydrogen) atoms. The Kier molecular flexibility index (Phi) is 4.40. The molecule has 2 rings (SSSR count). The van der Waals surface area contributed by atoms with Gasteiger partial charge in [-0.25, -0.2) is 0 Å². The van der Waals surface area contributed by atoms with Crippen LogP contribution in [-0.2, 0) is 9.53 Å². The van der Waals surface area contributed by atoms with Gasteiger partial charge in [-0.15, -0.1) is 0 Å². The van der Waals surface area contributed by atoms with Crippen LogP contribution in [-0.4, -0.2) is 36.7 Å². The molecule has 2 atom stereocenters. The number of hydrogen-bond acceptors (Lipinski definition) is 4. The normalized spacial score (nSPS) is 28.6. The van der Waals surface area contributed by atoms with E-state index in [1.54, 1.807) is 0 Å². The highest BCUT2D eigenvalue weighted by Gasteiger charge is 2.30. The number of hydrogen-bond donors (Lipinski definition) is 2. The first-order chi connectivity index (χ1) is 8.15. The van der Waals surface area contributed by atoms with Crippen LogP contribution in [0.2, 0.25) is 0 Å². The smallest absolute Gasteiger partial charge is 0.323 e. The third kappa shape index (κ3) is 4.28. The number of nitrogens with one attached hydrogen (secondary N) is 2. The van der Waals surface area contributed by atoms with Crippen molar-refractivity contribution in [2.75, 3.05) is 6.54 Å². The molecule has 0 amide bonds. The van der Waals surface area contributed by atoms with E-state index in [4.69, 9.17) is 4.74 Å². The van der Waals surface area contributed by atoms with Gasteiger partial charge < -0.3 is 15.4 Å². The molecule has 1 heterocycles. The van der Waals surface area contributed by atoms with Crippen molar-refractivity contribution in [1.82, 2.24) is 10.6 Å². The number of ether oxygens (including phenoxy) is 1. The van der Waals surface area contributed by atoms with Crippen molar-refractivity contribution in [3.63, 3.8) is 0 Å². The minimum atomic E-state index is -0.0855. The highest BCUT2D eigenvalue weighted by atomic mass is 16.5. The number of esters is 1. The van der Waals surface area contributed by atoms with Gasteiger partial charge >= 0.3 is 5.97 Å². The molecule has 0 radical (unpaired) electrons. The Morgan fingerprint density at radius 2 is 2.12 bits per heavy atom. The standard InChI is InChI=1S/C13H24N2O2/c1-9(2)17-13(16)12-6-5-11(15-12)7-8-14-10-3-4-10/h9-12,14-15H,3-8H2,1-2H3. The highest BCUT2D eigenvalue weighted by Crippen LogP contribution is 2.20. The second kappa shape index (κ2) is 5.83. The molecule has 1 aliphatic carbocycles. The molecule has 2 fully saturated rings. The van der Waals surface area contributed by atoms with Gasteiger partial charge in [-0.2, -0.15) is 0 Å². The summed E-state index contributed by atoms with van der Waals surface area (Å²) >= 11 is 0. The number of carbonyl (C=O) groups excluding carboxylic acids is 1. The minimum absolute atomic E-state index is 0.0140. The fourth-order valence-electron chi connectivity index (χ4n) is 2.30. The first-order valence-corrected chi connectivity index (χ1v) is 6.85. The van der Waals surface area contributed by atoms with E-state index in [1.807, 2.05) is 13.8 Å². The van der Waals surface area contributed by atoms with Crippen molar-refractivity contribution in [2.45, 2.75) is 70.2 Å². The summed E-state index contributed by atoms with van der Waals surface area (Å²) in [4.78, 5) is 11.7. The number of rotatable bonds is 6. The van der Waals surface area contributed by atoms with Crippen LogP contribution in [0.5, 0.6) is 0 Å². The predicted octanol–water partition coefficient (Wildman–Crippen LogP) is 1.20. The lowest BCUT2D eigenvalue weighted by Gasteiger charge is -2.15. The van der Waals surface area contributed by atoms with E-state index in [1.165, 1.54) is 12.8 Å². The Morgan fingerprint density at radius 3 is 2.76 bits per heavy atom. The first-order valence-electron chi connectivity index (χ1n) is 6.85. The molecule has 98 valence electrons. The van der Waals surface area contributed by atoms with Gasteiger partial charge in [0.25, 0.3) is 0 Å². The molecule has 1 aliphatic heterocycles. The van der Waals surface area contributed by atoms with Crippen LogP contribution in [0.1, 0.15) is 46.0 Å². The van der Waals surface area contributed by atoms with Crippen molar-refractivity contribution in [2.24, 2.45) is 0 Å². The summed E-state index contributed by atoms with van der Waals surface area (Å²) in [6.45, 7) is 4.85. The lowest BCUT2D eigenvalue weighted by atomic mass is 10.1. The van der Waals surface area contributed by atoms with E-state index in [9.17, 15) is 4.79 Å². The van der Waals surface area contributed by atoms with Gasteiger partial charge in [-0.1, -0.05) is 0 Å². The molecule has 0 aromatic carbocycles. The Balaban J connectivity index is 1.62. The van der Waals surface area contributed by atoms with E-state index in [0.29, 0.717) is 6.04 Å². The van der Waals surface area contributed by atoms with Crippen LogP contribution in [0.25, 0.3) is 0 Å². The third-order valence-corrected chi connectivity index (χ3v) is 3.38. The highest BCUT2D eigenvalue weighted by molar-refractivity contribution is 5.76. The van der Waals surface area contributed by atoms with Gasteiger partial charge in [-0.3, -0.25) is 4.79 Å². The Labute approximate surface area is 103 Å². The fourth-order valence-corrected chi connectivity index (χ4v) is 2.30. The van der Waals surface area contributed by atoms with E-state index in [0.717, 1.165) is 31.8 Å². The van der Waals surface area contributed by atoms with Gasteiger partial charge in [0.2, 0.25) is 0 Å². The summed E-state index contributed by atoms with van der Waals surface area (Å²) in [7, 11) is 0. The molecular weight excluding hydrogens is 216 g/mol. The van der Waals surface area contributed by atoms with Crippen molar-refractivity contribution in [3.8, 4) is 0 Å². The second-order valence-electron chi connectivity index (χ2n) is 5.50. The SMILES string of the molecule is CC(C)OC(=O)C1CCC(CCNC2CC2)N1. The number of carbonyl (C=O) groups is 1. The van der Waals surface area contributed by atoms with Crippen LogP contribution in [0.4, 0.5) is 0 Å². The molecular formula is C13H24N2O2. The van der Waals surface area contributed by atoms with Gasteiger partial charge in [0, 0.05) is 12.1 Å². The van der Waals surface area contributed by atoms with E-state index < -0.39 is 0 Å². The summed E-state index contributed by atoms with van der Waals surface area (Å²) < 4.78 is 5.22. The lowest BCUT2D eigenvalue weighted by molar-refractivity contribution is -0.149. The maximum absolute atomic E-state index is 11.7. The second-order valence-corrected chi connectivity index (χ2v) is 5.50. The Morgan fingerprint density at radius 1 is 1.35 bits per heavy atom. The fraction of sp³-hybridized carbons (Fsp3) is 0.923. The minimum Gasteiger partial charge on any atom is -0.462 e. The van der Waals surface area contributed by atoms with Crippen LogP contribution in [0, 0.1) is 0 Å². The average Bonchev–Trinajstić information content (AvgIpc) is 2.94. The quantitative estimate of drug-likeness (QED) is 0.685. The molecule has 2 aliphatic rings. The van der Waals surface area contributed by atoms with Gasteiger partial charge in [0.05, 0.1) is 6.10 Å². The van der Waals surface area contributed by atoms with E-state index >= 15 is 0 Å². The van der Waals surface area contributed by atoms with Gasteiger partial charge in [0.1, 0.15) is 6.04 Å². The van der Waals surface area contributed by atoms with Crippen LogP contribution < -0.4 is 10.6 Å². The zero-order valence-corrected chi connectivity index (χ0v) is 10.9. The van der Waals surface area contributed by atoms with Crippen molar-refractivity contribution < 1.29 is 9.53 Å². The largest absolute Gasteiger partial charge is 0.462 e. The van der Waals surface area contributed by atoms with Gasteiger partial charge in [-0.05, 0) is 52.5 Å². The molecule has 1 saturated heterocycles. The van der Waals surface area contributed by atoms with Crippen molar-refractivity contribution >= 4 is 5.97 Å². The van der Waals surface area contributed by atoms with Crippen LogP contribution >= 0.6 is 0 Å².